The van der Waals surface area contributed by atoms with Gasteiger partial charge in [0.2, 0.25) is 11.8 Å². The fourth-order valence-electron chi connectivity index (χ4n) is 5.78. The van der Waals surface area contributed by atoms with Gasteiger partial charge in [-0.2, -0.15) is 0 Å². The zero-order valence-corrected chi connectivity index (χ0v) is 17.6. The number of aryl methyl sites for hydroxylation is 1. The number of imide groups is 1. The van der Waals surface area contributed by atoms with Gasteiger partial charge in [-0.15, -0.1) is 0 Å². The van der Waals surface area contributed by atoms with Gasteiger partial charge in [0, 0.05) is 29.7 Å². The van der Waals surface area contributed by atoms with Crippen LogP contribution >= 0.6 is 0 Å². The SMILES string of the molecule is CC1=CC(=O)C2=C(CC3C(=CCC4C(=O)N(C)C(=O)C43)C2c2ccc(O)c(C)c2)C1=O. The fourth-order valence-corrected chi connectivity index (χ4v) is 5.78. The maximum atomic E-state index is 13.1. The van der Waals surface area contributed by atoms with Gasteiger partial charge in [-0.25, -0.2) is 0 Å². The maximum Gasteiger partial charge on any atom is 0.233 e. The van der Waals surface area contributed by atoms with Crippen LogP contribution in [0.1, 0.15) is 36.8 Å². The number of likely N-dealkylation sites (tertiary alicyclic amines) is 1. The summed E-state index contributed by atoms with van der Waals surface area (Å²) in [5.41, 5.74) is 3.72. The molecule has 0 spiro atoms. The summed E-state index contributed by atoms with van der Waals surface area (Å²) in [6, 6.07) is 5.19. The minimum atomic E-state index is -0.513. The summed E-state index contributed by atoms with van der Waals surface area (Å²) in [5.74, 6) is -2.28. The van der Waals surface area contributed by atoms with Crippen LogP contribution in [0.25, 0.3) is 0 Å². The molecule has 0 aromatic heterocycles. The van der Waals surface area contributed by atoms with Crippen LogP contribution in [0.15, 0.2) is 52.6 Å². The molecule has 1 aromatic carbocycles. The number of hydrogen-bond acceptors (Lipinski definition) is 5. The van der Waals surface area contributed by atoms with Gasteiger partial charge in [-0.1, -0.05) is 23.8 Å². The number of rotatable bonds is 1. The highest BCUT2D eigenvalue weighted by Crippen LogP contribution is 2.55. The molecule has 3 aliphatic carbocycles. The molecule has 6 heteroatoms. The Kier molecular flexibility index (Phi) is 4.19. The topological polar surface area (TPSA) is 91.8 Å². The molecule has 31 heavy (non-hydrogen) atoms. The molecule has 1 aromatic rings. The number of benzene rings is 1. The average molecular weight is 417 g/mol. The maximum absolute atomic E-state index is 13.1. The van der Waals surface area contributed by atoms with Gasteiger partial charge in [0.05, 0.1) is 11.8 Å². The molecule has 1 N–H and O–H groups in total. The van der Waals surface area contributed by atoms with E-state index in [0.29, 0.717) is 35.1 Å². The van der Waals surface area contributed by atoms with E-state index in [-0.39, 0.29) is 35.0 Å². The van der Waals surface area contributed by atoms with Gasteiger partial charge in [0.15, 0.2) is 11.6 Å². The van der Waals surface area contributed by atoms with Crippen molar-refractivity contribution >= 4 is 23.4 Å². The van der Waals surface area contributed by atoms with Crippen molar-refractivity contribution < 1.29 is 24.3 Å². The van der Waals surface area contributed by atoms with Crippen molar-refractivity contribution in [2.24, 2.45) is 17.8 Å². The Labute approximate surface area is 179 Å². The molecule has 6 nitrogen and oxygen atoms in total. The van der Waals surface area contributed by atoms with Gasteiger partial charge in [-0.3, -0.25) is 24.1 Å². The highest BCUT2D eigenvalue weighted by molar-refractivity contribution is 6.23. The normalized spacial score (nSPS) is 30.1. The number of ketones is 2. The number of amides is 2. The summed E-state index contributed by atoms with van der Waals surface area (Å²) in [6.07, 6.45) is 4.12. The number of nitrogens with zero attached hydrogens (tertiary/aromatic N) is 1. The first-order valence-corrected chi connectivity index (χ1v) is 10.5. The van der Waals surface area contributed by atoms with Crippen molar-refractivity contribution in [1.82, 2.24) is 4.90 Å². The van der Waals surface area contributed by atoms with Crippen LogP contribution in [0.3, 0.4) is 0 Å². The van der Waals surface area contributed by atoms with Crippen molar-refractivity contribution in [1.29, 1.82) is 0 Å². The Balaban J connectivity index is 1.72. The van der Waals surface area contributed by atoms with Crippen LogP contribution in [0, 0.1) is 24.7 Å². The minimum Gasteiger partial charge on any atom is -0.508 e. The molecule has 0 bridgehead atoms. The monoisotopic (exact) mass is 417 g/mol. The molecule has 0 saturated carbocycles. The largest absolute Gasteiger partial charge is 0.508 e. The first-order chi connectivity index (χ1) is 14.7. The van der Waals surface area contributed by atoms with Crippen molar-refractivity contribution in [3.8, 4) is 5.75 Å². The predicted octanol–water partition coefficient (Wildman–Crippen LogP) is 2.76. The molecular formula is C25H23NO5. The van der Waals surface area contributed by atoms with Gasteiger partial charge < -0.3 is 5.11 Å². The molecule has 4 atom stereocenters. The summed E-state index contributed by atoms with van der Waals surface area (Å²) in [7, 11) is 1.51. The number of carbonyl (C=O) groups is 4. The second kappa shape index (κ2) is 6.61. The average Bonchev–Trinajstić information content (AvgIpc) is 2.97. The number of hydrogen-bond donors (Lipinski definition) is 1. The molecule has 0 radical (unpaired) electrons. The van der Waals surface area contributed by atoms with Crippen LogP contribution < -0.4 is 0 Å². The Morgan fingerprint density at radius 2 is 1.77 bits per heavy atom. The molecule has 4 unspecified atom stereocenters. The van der Waals surface area contributed by atoms with E-state index in [0.717, 1.165) is 11.1 Å². The first kappa shape index (κ1) is 19.7. The second-order valence-electron chi connectivity index (χ2n) is 9.01. The third-order valence-corrected chi connectivity index (χ3v) is 7.34. The van der Waals surface area contributed by atoms with Gasteiger partial charge in [0.1, 0.15) is 5.75 Å². The van der Waals surface area contributed by atoms with Crippen molar-refractivity contribution in [2.45, 2.75) is 32.6 Å². The van der Waals surface area contributed by atoms with Crippen LogP contribution in [-0.4, -0.2) is 40.4 Å². The number of fused-ring (bicyclic) bond motifs is 3. The lowest BCUT2D eigenvalue weighted by molar-refractivity contribution is -0.138. The second-order valence-corrected chi connectivity index (χ2v) is 9.01. The zero-order chi connectivity index (χ0) is 22.2. The van der Waals surface area contributed by atoms with Gasteiger partial charge >= 0.3 is 0 Å². The lowest BCUT2D eigenvalue weighted by Gasteiger charge is -2.42. The summed E-state index contributed by atoms with van der Waals surface area (Å²) < 4.78 is 0. The van der Waals surface area contributed by atoms with Crippen LogP contribution in [0.4, 0.5) is 0 Å². The summed E-state index contributed by atoms with van der Waals surface area (Å²) >= 11 is 0. The number of carbonyl (C=O) groups excluding carboxylic acids is 4. The quantitative estimate of drug-likeness (QED) is 0.431. The molecular weight excluding hydrogens is 394 g/mol. The van der Waals surface area contributed by atoms with E-state index >= 15 is 0 Å². The summed E-state index contributed by atoms with van der Waals surface area (Å²) in [5, 5.41) is 10.0. The van der Waals surface area contributed by atoms with E-state index in [4.69, 9.17) is 0 Å². The lowest BCUT2D eigenvalue weighted by atomic mass is 9.59. The first-order valence-electron chi connectivity index (χ1n) is 10.5. The Hall–Kier alpha value is -3.28. The molecule has 1 heterocycles. The van der Waals surface area contributed by atoms with Gasteiger partial charge in [0.25, 0.3) is 0 Å². The summed E-state index contributed by atoms with van der Waals surface area (Å²) in [4.78, 5) is 53.0. The lowest BCUT2D eigenvalue weighted by Crippen LogP contribution is -2.39. The number of phenols is 1. The van der Waals surface area contributed by atoms with Crippen molar-refractivity contribution in [2.75, 3.05) is 7.05 Å². The molecule has 2 amide bonds. The highest BCUT2D eigenvalue weighted by Gasteiger charge is 2.55. The zero-order valence-electron chi connectivity index (χ0n) is 17.6. The van der Waals surface area contributed by atoms with Crippen LogP contribution in [-0.2, 0) is 19.2 Å². The highest BCUT2D eigenvalue weighted by atomic mass is 16.3. The molecule has 4 aliphatic rings. The molecule has 1 fully saturated rings. The smallest absolute Gasteiger partial charge is 0.233 e. The van der Waals surface area contributed by atoms with Crippen LogP contribution in [0.5, 0.6) is 5.75 Å². The van der Waals surface area contributed by atoms with Gasteiger partial charge in [-0.05, 0) is 55.9 Å². The van der Waals surface area contributed by atoms with E-state index in [9.17, 15) is 24.3 Å². The van der Waals surface area contributed by atoms with Crippen molar-refractivity contribution in [3.63, 3.8) is 0 Å². The van der Waals surface area contributed by atoms with Crippen molar-refractivity contribution in [3.05, 3.63) is 63.8 Å². The fraction of sp³-hybridized carbons (Fsp3) is 0.360. The predicted molar refractivity (Wildman–Crippen MR) is 112 cm³/mol. The van der Waals surface area contributed by atoms with E-state index < -0.39 is 17.8 Å². The minimum absolute atomic E-state index is 0.156. The Morgan fingerprint density at radius 3 is 2.48 bits per heavy atom. The summed E-state index contributed by atoms with van der Waals surface area (Å²) in [6.45, 7) is 3.42. The molecule has 1 aliphatic heterocycles. The Bertz CT molecular complexity index is 1180. The number of Topliss-reactive ketones (excluding diaryl/α,β-unsaturated/α-hetero) is 1. The third-order valence-electron chi connectivity index (χ3n) is 7.34. The third kappa shape index (κ3) is 2.63. The van der Waals surface area contributed by atoms with Crippen LogP contribution in [0.2, 0.25) is 0 Å². The molecule has 1 saturated heterocycles. The Morgan fingerprint density at radius 1 is 1.03 bits per heavy atom. The van der Waals surface area contributed by atoms with E-state index in [1.807, 2.05) is 12.1 Å². The molecule has 158 valence electrons. The number of phenolic OH excluding ortho intramolecular Hbond substituents is 1. The van der Waals surface area contributed by atoms with E-state index in [1.165, 1.54) is 18.0 Å². The number of aromatic hydroxyl groups is 1. The number of allylic oxidation sites excluding steroid dienone is 6. The van der Waals surface area contributed by atoms with E-state index in [1.54, 1.807) is 26.0 Å². The van der Waals surface area contributed by atoms with E-state index in [2.05, 4.69) is 0 Å². The standard InChI is InChI=1S/C25H23NO5/c1-11-8-13(4-7-18(11)27)20-14-5-6-15-21(25(31)26(3)24(15)30)16(14)10-17-22(20)19(28)9-12(2)23(17)29/h4-5,7-9,15-16,20-21,27H,6,10H2,1-3H3. The molecule has 5 rings (SSSR count).